The molecule has 0 radical (unpaired) electrons. The van der Waals surface area contributed by atoms with Gasteiger partial charge in [-0.3, -0.25) is 4.79 Å². The quantitative estimate of drug-likeness (QED) is 0.359. The fraction of sp³-hybridized carbons (Fsp3) is 0.375. The van der Waals surface area contributed by atoms with Crippen LogP contribution in [-0.4, -0.2) is 39.9 Å². The molecule has 3 aliphatic rings. The van der Waals surface area contributed by atoms with Gasteiger partial charge in [0.15, 0.2) is 0 Å². The van der Waals surface area contributed by atoms with Crippen LogP contribution in [0.4, 0.5) is 0 Å². The van der Waals surface area contributed by atoms with Crippen molar-refractivity contribution in [3.63, 3.8) is 0 Å². The van der Waals surface area contributed by atoms with E-state index in [9.17, 15) is 24.0 Å². The molecule has 9 heteroatoms. The molecule has 0 aromatic heterocycles. The van der Waals surface area contributed by atoms with Gasteiger partial charge in [-0.1, -0.05) is 13.8 Å². The van der Waals surface area contributed by atoms with Crippen molar-refractivity contribution < 1.29 is 43.7 Å². The van der Waals surface area contributed by atoms with Crippen molar-refractivity contribution in [1.29, 1.82) is 0 Å². The molecule has 2 bridgehead atoms. The van der Waals surface area contributed by atoms with Crippen molar-refractivity contribution >= 4 is 29.7 Å². The molecule has 4 rings (SSSR count). The van der Waals surface area contributed by atoms with E-state index >= 15 is 0 Å². The number of carboxylic acid groups (broad SMARTS) is 2. The normalized spacial score (nSPS) is 23.2. The lowest BCUT2D eigenvalue weighted by molar-refractivity contribution is -0.151. The van der Waals surface area contributed by atoms with E-state index in [-0.39, 0.29) is 41.0 Å². The Labute approximate surface area is 189 Å². The number of hydrogen-bond acceptors (Lipinski definition) is 7. The van der Waals surface area contributed by atoms with Gasteiger partial charge in [0.25, 0.3) is 0 Å². The Kier molecular flexibility index (Phi) is 6.53. The first-order valence-corrected chi connectivity index (χ1v) is 10.3. The summed E-state index contributed by atoms with van der Waals surface area (Å²) in [7, 11) is 0. The fourth-order valence-corrected chi connectivity index (χ4v) is 4.82. The molecule has 0 amide bonds. The monoisotopic (exact) mass is 456 g/mol. The lowest BCUT2D eigenvalue weighted by atomic mass is 9.44. The predicted octanol–water partition coefficient (Wildman–Crippen LogP) is 2.81. The van der Waals surface area contributed by atoms with Gasteiger partial charge >= 0.3 is 23.9 Å². The minimum absolute atomic E-state index is 0.0546. The predicted molar refractivity (Wildman–Crippen MR) is 114 cm³/mol. The highest BCUT2D eigenvalue weighted by Crippen LogP contribution is 2.64. The third-order valence-corrected chi connectivity index (χ3v) is 6.40. The number of ketones is 1. The summed E-state index contributed by atoms with van der Waals surface area (Å²) in [6, 6.07) is 3.10. The van der Waals surface area contributed by atoms with Crippen LogP contribution in [0.5, 0.6) is 11.5 Å². The van der Waals surface area contributed by atoms with E-state index in [1.54, 1.807) is 19.1 Å². The summed E-state index contributed by atoms with van der Waals surface area (Å²) in [4.78, 5) is 58.7. The summed E-state index contributed by atoms with van der Waals surface area (Å²) in [5, 5.41) is 17.5. The maximum atomic E-state index is 12.8. The summed E-state index contributed by atoms with van der Waals surface area (Å²) in [5.74, 6) is -4.76. The molecule has 0 aliphatic heterocycles. The van der Waals surface area contributed by atoms with Gasteiger partial charge in [-0.25, -0.2) is 19.2 Å². The van der Waals surface area contributed by atoms with Gasteiger partial charge < -0.3 is 19.7 Å². The van der Waals surface area contributed by atoms with Crippen molar-refractivity contribution in [2.45, 2.75) is 39.5 Å². The highest BCUT2D eigenvalue weighted by atomic mass is 16.5. The number of carbonyl (C=O) groups is 5. The lowest BCUT2D eigenvalue weighted by Crippen LogP contribution is -2.56. The molecule has 174 valence electrons. The molecule has 1 aromatic carbocycles. The number of aliphatic carboxylic acids is 2. The van der Waals surface area contributed by atoms with Gasteiger partial charge in [0.05, 0.1) is 0 Å². The first-order valence-electron chi connectivity index (χ1n) is 10.3. The third-order valence-electron chi connectivity index (χ3n) is 6.40. The number of fused-ring (bicyclic) bond motifs is 2. The van der Waals surface area contributed by atoms with Gasteiger partial charge in [-0.2, -0.15) is 0 Å². The molecule has 9 nitrogen and oxygen atoms in total. The van der Waals surface area contributed by atoms with Crippen molar-refractivity contribution in [3.8, 4) is 11.5 Å². The van der Waals surface area contributed by atoms with Crippen LogP contribution >= 0.6 is 0 Å². The van der Waals surface area contributed by atoms with Crippen molar-refractivity contribution in [2.24, 2.45) is 17.3 Å². The topological polar surface area (TPSA) is 144 Å². The number of carbonyl (C=O) groups excluding carboxylic acids is 3. The molecular weight excluding hydrogens is 432 g/mol. The number of hydrogen-bond donors (Lipinski definition) is 2. The molecule has 3 aliphatic carbocycles. The molecule has 33 heavy (non-hydrogen) atoms. The molecule has 0 spiro atoms. The van der Waals surface area contributed by atoms with Crippen LogP contribution in [0, 0.1) is 24.2 Å². The second kappa shape index (κ2) is 9.01. The zero-order valence-electron chi connectivity index (χ0n) is 18.4. The van der Waals surface area contributed by atoms with E-state index in [1.165, 1.54) is 0 Å². The Bertz CT molecular complexity index is 1030. The van der Waals surface area contributed by atoms with Crippen LogP contribution in [0.3, 0.4) is 0 Å². The molecule has 3 atom stereocenters. The highest BCUT2D eigenvalue weighted by molar-refractivity contribution is 5.93. The minimum atomic E-state index is -1.32. The number of carboxylic acids is 2. The average molecular weight is 456 g/mol. The van der Waals surface area contributed by atoms with E-state index in [2.05, 4.69) is 0 Å². The van der Waals surface area contributed by atoms with E-state index in [0.717, 1.165) is 12.2 Å². The Hall–Kier alpha value is -3.75. The molecule has 0 saturated heterocycles. The number of ether oxygens (including phenoxy) is 2. The van der Waals surface area contributed by atoms with Gasteiger partial charge in [-0.15, -0.1) is 0 Å². The first-order chi connectivity index (χ1) is 15.4. The number of esters is 2. The highest BCUT2D eigenvalue weighted by Gasteiger charge is 2.59. The number of rotatable bonds is 7. The molecule has 2 N–H and O–H groups in total. The lowest BCUT2D eigenvalue weighted by Gasteiger charge is -2.59. The zero-order valence-corrected chi connectivity index (χ0v) is 18.4. The summed E-state index contributed by atoms with van der Waals surface area (Å²) in [6.45, 7) is 5.66. The van der Waals surface area contributed by atoms with Crippen molar-refractivity contribution in [3.05, 3.63) is 47.6 Å². The second-order valence-electron chi connectivity index (χ2n) is 8.85. The van der Waals surface area contributed by atoms with E-state index in [1.807, 2.05) is 13.8 Å². The number of aryl methyl sites for hydroxylation is 1. The standard InChI is InChI=1S/C24H24O9/c1-12-8-17(32-21(30)6-4-19(26)27)23(18(9-12)33-22(31)7-5-20(28)29)13-10-16(25)15-11-14(13)24(15,2)3/h4-9,13-15H,10-11H2,1-3H3,(H,26,27)(H,28,29)/b6-4+,7-5+/t13-,14+,15-/m0/s1. The van der Waals surface area contributed by atoms with Crippen LogP contribution in [-0.2, 0) is 24.0 Å². The first kappa shape index (κ1) is 23.9. The Morgan fingerprint density at radius 3 is 1.82 bits per heavy atom. The molecule has 3 saturated carbocycles. The van der Waals surface area contributed by atoms with Crippen LogP contribution < -0.4 is 9.47 Å². The van der Waals surface area contributed by atoms with E-state index in [4.69, 9.17) is 19.7 Å². The summed E-state index contributed by atoms with van der Waals surface area (Å²) < 4.78 is 10.8. The number of Topliss-reactive ketones (excluding diaryl/α,β-unsaturated/α-hetero) is 1. The smallest absolute Gasteiger partial charge is 0.336 e. The van der Waals surface area contributed by atoms with E-state index in [0.29, 0.717) is 29.7 Å². The maximum Gasteiger partial charge on any atom is 0.336 e. The Morgan fingerprint density at radius 2 is 1.42 bits per heavy atom. The summed E-state index contributed by atoms with van der Waals surface area (Å²) in [6.07, 6.45) is 3.62. The Morgan fingerprint density at radius 1 is 0.939 bits per heavy atom. The molecule has 1 aromatic rings. The molecule has 3 fully saturated rings. The summed E-state index contributed by atoms with van der Waals surface area (Å²) in [5.41, 5.74) is 0.626. The van der Waals surface area contributed by atoms with Crippen molar-refractivity contribution in [1.82, 2.24) is 0 Å². The van der Waals surface area contributed by atoms with Gasteiger partial charge in [0, 0.05) is 48.1 Å². The Balaban J connectivity index is 2.07. The van der Waals surface area contributed by atoms with Crippen LogP contribution in [0.1, 0.15) is 43.7 Å². The van der Waals surface area contributed by atoms with Crippen LogP contribution in [0.15, 0.2) is 36.4 Å². The molecule has 0 heterocycles. The molecular formula is C24H24O9. The van der Waals surface area contributed by atoms with Crippen LogP contribution in [0.25, 0.3) is 0 Å². The summed E-state index contributed by atoms with van der Waals surface area (Å²) >= 11 is 0. The molecule has 0 unspecified atom stereocenters. The largest absolute Gasteiger partial charge is 0.478 e. The van der Waals surface area contributed by atoms with Gasteiger partial charge in [-0.05, 0) is 42.4 Å². The third kappa shape index (κ3) is 5.02. The van der Waals surface area contributed by atoms with E-state index < -0.39 is 29.8 Å². The second-order valence-corrected chi connectivity index (χ2v) is 8.85. The SMILES string of the molecule is Cc1cc(OC(=O)/C=C/C(=O)O)c([C@H]2CC(=O)[C@@H]3C[C@H]2C3(C)C)c(OC(=O)/C=C/C(=O)O)c1. The zero-order chi connectivity index (χ0) is 24.5. The maximum absolute atomic E-state index is 12.8. The number of benzene rings is 1. The average Bonchev–Trinajstić information content (AvgIpc) is 2.69. The van der Waals surface area contributed by atoms with Crippen LogP contribution in [0.2, 0.25) is 0 Å². The van der Waals surface area contributed by atoms with Crippen molar-refractivity contribution in [2.75, 3.05) is 0 Å². The fourth-order valence-electron chi connectivity index (χ4n) is 4.82. The van der Waals surface area contributed by atoms with Gasteiger partial charge in [0.2, 0.25) is 0 Å². The minimum Gasteiger partial charge on any atom is -0.478 e. The van der Waals surface area contributed by atoms with Gasteiger partial charge in [0.1, 0.15) is 17.3 Å².